The maximum atomic E-state index is 10.2. The Labute approximate surface area is 209 Å². The molecule has 0 saturated carbocycles. The lowest BCUT2D eigenvalue weighted by molar-refractivity contribution is 0.147. The Morgan fingerprint density at radius 2 is 0.576 bits per heavy atom. The van der Waals surface area contributed by atoms with E-state index in [0.717, 1.165) is 25.7 Å². The first-order valence-corrected chi connectivity index (χ1v) is 15.6. The first-order valence-electron chi connectivity index (χ1n) is 15.6. The fraction of sp³-hybridized carbons (Fsp3) is 1.00. The summed E-state index contributed by atoms with van der Waals surface area (Å²) in [7, 11) is 0. The van der Waals surface area contributed by atoms with E-state index in [1.807, 2.05) is 0 Å². The molecule has 0 aliphatic rings. The minimum absolute atomic E-state index is 0.0440. The molecule has 0 aliphatic heterocycles. The molecule has 0 saturated heterocycles. The average Bonchev–Trinajstić information content (AvgIpc) is 2.82. The third-order valence-corrected chi connectivity index (χ3v) is 7.44. The SMILES string of the molecule is CCCCCCCCCCC[C@@H](O)CCCCCCCCCCCCCCCC[C@@H](O)CC. The summed E-state index contributed by atoms with van der Waals surface area (Å²) in [5, 5.41) is 19.7. The van der Waals surface area contributed by atoms with Crippen LogP contribution in [0.1, 0.15) is 187 Å². The number of hydrogen-bond acceptors (Lipinski definition) is 2. The first kappa shape index (κ1) is 32.9. The normalized spacial score (nSPS) is 13.5. The topological polar surface area (TPSA) is 40.5 Å². The average molecular weight is 469 g/mol. The van der Waals surface area contributed by atoms with Gasteiger partial charge in [-0.3, -0.25) is 0 Å². The molecule has 0 heterocycles. The van der Waals surface area contributed by atoms with Crippen LogP contribution in [0.4, 0.5) is 0 Å². The van der Waals surface area contributed by atoms with Crippen LogP contribution in [0.2, 0.25) is 0 Å². The van der Waals surface area contributed by atoms with E-state index in [9.17, 15) is 10.2 Å². The second-order valence-electron chi connectivity index (χ2n) is 10.9. The Balaban J connectivity index is 3.14. The number of aliphatic hydroxyl groups excluding tert-OH is 2. The molecule has 0 aromatic heterocycles. The van der Waals surface area contributed by atoms with Gasteiger partial charge in [-0.2, -0.15) is 0 Å². The molecule has 0 aromatic rings. The van der Waals surface area contributed by atoms with E-state index < -0.39 is 0 Å². The molecule has 0 amide bonds. The van der Waals surface area contributed by atoms with Gasteiger partial charge in [-0.05, 0) is 25.7 Å². The van der Waals surface area contributed by atoms with Crippen molar-refractivity contribution >= 4 is 0 Å². The predicted octanol–water partition coefficient (Wildman–Crippen LogP) is 10.3. The van der Waals surface area contributed by atoms with Gasteiger partial charge < -0.3 is 10.2 Å². The van der Waals surface area contributed by atoms with E-state index in [0.29, 0.717) is 0 Å². The smallest absolute Gasteiger partial charge is 0.0540 e. The van der Waals surface area contributed by atoms with E-state index in [2.05, 4.69) is 13.8 Å². The van der Waals surface area contributed by atoms with Crippen LogP contribution in [0.15, 0.2) is 0 Å². The van der Waals surface area contributed by atoms with Crippen LogP contribution < -0.4 is 0 Å². The highest BCUT2D eigenvalue weighted by Crippen LogP contribution is 2.16. The summed E-state index contributed by atoms with van der Waals surface area (Å²) in [6.07, 6.45) is 35.1. The Morgan fingerprint density at radius 1 is 0.333 bits per heavy atom. The summed E-state index contributed by atoms with van der Waals surface area (Å²) in [6, 6.07) is 0. The van der Waals surface area contributed by atoms with Crippen molar-refractivity contribution in [2.24, 2.45) is 0 Å². The van der Waals surface area contributed by atoms with E-state index in [1.165, 1.54) is 148 Å². The van der Waals surface area contributed by atoms with Gasteiger partial charge in [0, 0.05) is 0 Å². The van der Waals surface area contributed by atoms with Crippen molar-refractivity contribution in [3.8, 4) is 0 Å². The number of rotatable bonds is 28. The molecule has 33 heavy (non-hydrogen) atoms. The molecule has 200 valence electrons. The van der Waals surface area contributed by atoms with E-state index in [1.54, 1.807) is 0 Å². The van der Waals surface area contributed by atoms with Crippen LogP contribution in [-0.4, -0.2) is 22.4 Å². The zero-order valence-corrected chi connectivity index (χ0v) is 23.1. The van der Waals surface area contributed by atoms with Gasteiger partial charge in [0.15, 0.2) is 0 Å². The molecule has 0 unspecified atom stereocenters. The molecule has 2 nitrogen and oxygen atoms in total. The van der Waals surface area contributed by atoms with Crippen LogP contribution >= 0.6 is 0 Å². The zero-order valence-electron chi connectivity index (χ0n) is 23.1. The lowest BCUT2D eigenvalue weighted by Gasteiger charge is -2.10. The number of unbranched alkanes of at least 4 members (excludes halogenated alkanes) is 21. The van der Waals surface area contributed by atoms with Crippen molar-refractivity contribution in [3.05, 3.63) is 0 Å². The summed E-state index contributed by atoms with van der Waals surface area (Å²) in [6.45, 7) is 4.35. The molecular weight excluding hydrogens is 404 g/mol. The lowest BCUT2D eigenvalue weighted by atomic mass is 10.0. The van der Waals surface area contributed by atoms with Crippen molar-refractivity contribution in [2.75, 3.05) is 0 Å². The van der Waals surface area contributed by atoms with Gasteiger partial charge >= 0.3 is 0 Å². The highest BCUT2D eigenvalue weighted by atomic mass is 16.3. The third kappa shape index (κ3) is 28.0. The molecule has 0 bridgehead atoms. The Bertz CT molecular complexity index is 344. The van der Waals surface area contributed by atoms with Crippen molar-refractivity contribution in [2.45, 2.75) is 199 Å². The molecule has 0 spiro atoms. The van der Waals surface area contributed by atoms with Crippen LogP contribution in [-0.2, 0) is 0 Å². The molecule has 2 N–H and O–H groups in total. The minimum atomic E-state index is -0.0639. The van der Waals surface area contributed by atoms with Crippen LogP contribution in [0, 0.1) is 0 Å². The van der Waals surface area contributed by atoms with Gasteiger partial charge in [0.1, 0.15) is 0 Å². The number of aliphatic hydroxyl groups is 2. The highest BCUT2D eigenvalue weighted by Gasteiger charge is 2.04. The molecule has 0 aliphatic carbocycles. The van der Waals surface area contributed by atoms with Gasteiger partial charge in [-0.25, -0.2) is 0 Å². The summed E-state index contributed by atoms with van der Waals surface area (Å²) >= 11 is 0. The minimum Gasteiger partial charge on any atom is -0.393 e. The Hall–Kier alpha value is -0.0800. The Kier molecular flexibility index (Phi) is 28.1. The molecule has 0 radical (unpaired) electrons. The molecule has 0 aromatic carbocycles. The Morgan fingerprint density at radius 3 is 0.848 bits per heavy atom. The van der Waals surface area contributed by atoms with Gasteiger partial charge in [0.2, 0.25) is 0 Å². The molecule has 0 fully saturated rings. The van der Waals surface area contributed by atoms with Crippen LogP contribution in [0.5, 0.6) is 0 Å². The second kappa shape index (κ2) is 28.2. The van der Waals surface area contributed by atoms with E-state index >= 15 is 0 Å². The van der Waals surface area contributed by atoms with Crippen molar-refractivity contribution in [3.63, 3.8) is 0 Å². The zero-order chi connectivity index (χ0) is 24.2. The van der Waals surface area contributed by atoms with Gasteiger partial charge in [-0.1, -0.05) is 162 Å². The van der Waals surface area contributed by atoms with Crippen molar-refractivity contribution < 1.29 is 10.2 Å². The summed E-state index contributed by atoms with van der Waals surface area (Å²) in [5.41, 5.74) is 0. The summed E-state index contributed by atoms with van der Waals surface area (Å²) < 4.78 is 0. The summed E-state index contributed by atoms with van der Waals surface area (Å²) in [5.74, 6) is 0. The van der Waals surface area contributed by atoms with Crippen LogP contribution in [0.3, 0.4) is 0 Å². The van der Waals surface area contributed by atoms with Gasteiger partial charge in [0.05, 0.1) is 12.2 Å². The standard InChI is InChI=1S/C31H64O2/c1-3-5-6-7-8-15-19-22-25-28-31(33)29-26-23-20-17-14-12-10-9-11-13-16-18-21-24-27-30(32)4-2/h30-33H,3-29H2,1-2H3/t30-,31+/m0/s1. The third-order valence-electron chi connectivity index (χ3n) is 7.44. The quantitative estimate of drug-likeness (QED) is 0.112. The maximum Gasteiger partial charge on any atom is 0.0540 e. The van der Waals surface area contributed by atoms with E-state index in [4.69, 9.17) is 0 Å². The lowest BCUT2D eigenvalue weighted by Crippen LogP contribution is -2.05. The van der Waals surface area contributed by atoms with Gasteiger partial charge in [0.25, 0.3) is 0 Å². The molecule has 0 rings (SSSR count). The highest BCUT2D eigenvalue weighted by molar-refractivity contribution is 4.58. The van der Waals surface area contributed by atoms with Crippen molar-refractivity contribution in [1.82, 2.24) is 0 Å². The second-order valence-corrected chi connectivity index (χ2v) is 10.9. The molecular formula is C31H64O2. The van der Waals surface area contributed by atoms with Crippen LogP contribution in [0.25, 0.3) is 0 Å². The molecule has 2 heteroatoms. The fourth-order valence-corrected chi connectivity index (χ4v) is 4.92. The van der Waals surface area contributed by atoms with E-state index in [-0.39, 0.29) is 12.2 Å². The molecule has 2 atom stereocenters. The monoisotopic (exact) mass is 468 g/mol. The van der Waals surface area contributed by atoms with Crippen molar-refractivity contribution in [1.29, 1.82) is 0 Å². The largest absolute Gasteiger partial charge is 0.393 e. The first-order chi connectivity index (χ1) is 16.2. The fourth-order valence-electron chi connectivity index (χ4n) is 4.92. The van der Waals surface area contributed by atoms with Gasteiger partial charge in [-0.15, -0.1) is 0 Å². The summed E-state index contributed by atoms with van der Waals surface area (Å²) in [4.78, 5) is 0. The predicted molar refractivity (Wildman–Crippen MR) is 148 cm³/mol. The number of hydrogen-bond donors (Lipinski definition) is 2. The maximum absolute atomic E-state index is 10.2.